The predicted molar refractivity (Wildman–Crippen MR) is 99.2 cm³/mol. The summed E-state index contributed by atoms with van der Waals surface area (Å²) in [5.41, 5.74) is 0.433. The molecule has 0 aromatic heterocycles. The number of rotatable bonds is 5. The van der Waals surface area contributed by atoms with Crippen molar-refractivity contribution in [3.8, 4) is 16.9 Å². The summed E-state index contributed by atoms with van der Waals surface area (Å²) >= 11 is 0. The van der Waals surface area contributed by atoms with Crippen LogP contribution in [0.4, 0.5) is 17.6 Å². The average molecular weight is 394 g/mol. The maximum atomic E-state index is 14.9. The van der Waals surface area contributed by atoms with E-state index in [0.29, 0.717) is 6.42 Å². The second kappa shape index (κ2) is 8.67. The van der Waals surface area contributed by atoms with Gasteiger partial charge in [-0.05, 0) is 49.5 Å². The zero-order chi connectivity index (χ0) is 20.3. The van der Waals surface area contributed by atoms with Gasteiger partial charge in [0, 0.05) is 17.0 Å². The molecule has 1 aliphatic carbocycles. The number of hydrogen-bond donors (Lipinski definition) is 0. The van der Waals surface area contributed by atoms with Crippen molar-refractivity contribution >= 4 is 0 Å². The first kappa shape index (κ1) is 20.2. The molecule has 1 aliphatic rings. The first-order valence-corrected chi connectivity index (χ1v) is 9.30. The van der Waals surface area contributed by atoms with Crippen LogP contribution in [0.25, 0.3) is 11.1 Å². The molecule has 1 unspecified atom stereocenters. The minimum atomic E-state index is -1.27. The van der Waals surface area contributed by atoms with Gasteiger partial charge in [-0.25, -0.2) is 13.2 Å². The smallest absolute Gasteiger partial charge is 0.201 e. The van der Waals surface area contributed by atoms with Crippen molar-refractivity contribution in [1.82, 2.24) is 0 Å². The number of hydrogen-bond acceptors (Lipinski definition) is 2. The van der Waals surface area contributed by atoms with Gasteiger partial charge in [0.15, 0.2) is 23.2 Å². The zero-order valence-corrected chi connectivity index (χ0v) is 15.8. The van der Waals surface area contributed by atoms with E-state index in [9.17, 15) is 17.6 Å². The summed E-state index contributed by atoms with van der Waals surface area (Å²) in [7, 11) is 1.52. The van der Waals surface area contributed by atoms with Crippen molar-refractivity contribution < 1.29 is 27.0 Å². The molecule has 0 aliphatic heterocycles. The summed E-state index contributed by atoms with van der Waals surface area (Å²) in [6, 6.07) is 5.15. The maximum Gasteiger partial charge on any atom is 0.201 e. The lowest BCUT2D eigenvalue weighted by molar-refractivity contribution is 0.314. The Hall–Kier alpha value is -2.50. The monoisotopic (exact) mass is 394 g/mol. The third kappa shape index (κ3) is 3.73. The van der Waals surface area contributed by atoms with Crippen molar-refractivity contribution in [2.75, 3.05) is 13.7 Å². The van der Waals surface area contributed by atoms with E-state index in [1.807, 2.05) is 0 Å². The molecule has 1 atom stereocenters. The van der Waals surface area contributed by atoms with Crippen LogP contribution in [-0.4, -0.2) is 13.7 Å². The normalized spacial score (nSPS) is 18.4. The van der Waals surface area contributed by atoms with Gasteiger partial charge in [-0.1, -0.05) is 18.6 Å². The van der Waals surface area contributed by atoms with Crippen LogP contribution in [0.2, 0.25) is 0 Å². The van der Waals surface area contributed by atoms with Gasteiger partial charge in [-0.15, -0.1) is 0 Å². The summed E-state index contributed by atoms with van der Waals surface area (Å²) in [6.07, 6.45) is 4.87. The van der Waals surface area contributed by atoms with Crippen LogP contribution in [0.3, 0.4) is 0 Å². The van der Waals surface area contributed by atoms with Crippen molar-refractivity contribution in [3.05, 3.63) is 64.9 Å². The Morgan fingerprint density at radius 1 is 0.929 bits per heavy atom. The molecule has 0 amide bonds. The summed E-state index contributed by atoms with van der Waals surface area (Å²) in [5.74, 6) is -5.28. The Labute approximate surface area is 161 Å². The van der Waals surface area contributed by atoms with Gasteiger partial charge in [0.2, 0.25) is 5.82 Å². The van der Waals surface area contributed by atoms with Crippen LogP contribution < -0.4 is 4.74 Å². The van der Waals surface area contributed by atoms with Crippen molar-refractivity contribution in [2.24, 2.45) is 0 Å². The molecule has 0 radical (unpaired) electrons. The first-order chi connectivity index (χ1) is 13.5. The Bertz CT molecular complexity index is 893. The number of ether oxygens (including phenoxy) is 2. The molecule has 2 nitrogen and oxygen atoms in total. The fourth-order valence-corrected chi connectivity index (χ4v) is 3.73. The number of benzene rings is 2. The Morgan fingerprint density at radius 2 is 1.61 bits per heavy atom. The summed E-state index contributed by atoms with van der Waals surface area (Å²) in [5, 5.41) is 0. The standard InChI is InChI=1S/C22H22F4O2/c1-3-28-18-11-10-17(21(25)22(18)26)16-9-8-15(19(23)20(16)24)14-7-5-4-6-13(14)12-27-2/h8-12,14H,3-7H2,1-2H3. The Morgan fingerprint density at radius 3 is 2.29 bits per heavy atom. The van der Waals surface area contributed by atoms with Crippen LogP contribution >= 0.6 is 0 Å². The van der Waals surface area contributed by atoms with E-state index in [2.05, 4.69) is 0 Å². The SMILES string of the molecule is CCOc1ccc(-c2ccc(C3CCCCC3=COC)c(F)c2F)c(F)c1F. The summed E-state index contributed by atoms with van der Waals surface area (Å²) in [4.78, 5) is 0. The van der Waals surface area contributed by atoms with Crippen molar-refractivity contribution in [2.45, 2.75) is 38.5 Å². The number of halogens is 4. The number of allylic oxidation sites excluding steroid dienone is 1. The fourth-order valence-electron chi connectivity index (χ4n) is 3.73. The molecule has 6 heteroatoms. The summed E-state index contributed by atoms with van der Waals surface area (Å²) < 4.78 is 68.4. The highest BCUT2D eigenvalue weighted by Crippen LogP contribution is 2.41. The van der Waals surface area contributed by atoms with Crippen LogP contribution in [-0.2, 0) is 4.74 Å². The van der Waals surface area contributed by atoms with Gasteiger partial charge in [0.05, 0.1) is 20.0 Å². The van der Waals surface area contributed by atoms with E-state index >= 15 is 0 Å². The molecule has 3 rings (SSSR count). The van der Waals surface area contributed by atoms with Crippen LogP contribution in [0.5, 0.6) is 5.75 Å². The van der Waals surface area contributed by atoms with Crippen molar-refractivity contribution in [1.29, 1.82) is 0 Å². The van der Waals surface area contributed by atoms with E-state index in [-0.39, 0.29) is 35.0 Å². The van der Waals surface area contributed by atoms with Crippen LogP contribution in [0, 0.1) is 23.3 Å². The molecule has 0 bridgehead atoms. The lowest BCUT2D eigenvalue weighted by Gasteiger charge is -2.26. The zero-order valence-electron chi connectivity index (χ0n) is 15.8. The predicted octanol–water partition coefficient (Wildman–Crippen LogP) is 6.50. The third-order valence-electron chi connectivity index (χ3n) is 5.05. The van der Waals surface area contributed by atoms with Gasteiger partial charge in [0.25, 0.3) is 0 Å². The second-order valence-electron chi connectivity index (χ2n) is 6.73. The van der Waals surface area contributed by atoms with Gasteiger partial charge < -0.3 is 9.47 Å². The molecule has 28 heavy (non-hydrogen) atoms. The molecule has 150 valence electrons. The lowest BCUT2D eigenvalue weighted by atomic mass is 9.79. The van der Waals surface area contributed by atoms with E-state index in [1.165, 1.54) is 31.4 Å². The van der Waals surface area contributed by atoms with Crippen molar-refractivity contribution in [3.63, 3.8) is 0 Å². The molecule has 0 spiro atoms. The molecule has 2 aromatic rings. The molecule has 0 heterocycles. The minimum absolute atomic E-state index is 0.159. The first-order valence-electron chi connectivity index (χ1n) is 9.30. The molecule has 1 fully saturated rings. The second-order valence-corrected chi connectivity index (χ2v) is 6.73. The Balaban J connectivity index is 2.04. The molecule has 0 saturated heterocycles. The lowest BCUT2D eigenvalue weighted by Crippen LogP contribution is -2.12. The molecule has 0 N–H and O–H groups in total. The third-order valence-corrected chi connectivity index (χ3v) is 5.05. The molecular formula is C22H22F4O2. The van der Waals surface area contributed by atoms with Crippen LogP contribution in [0.15, 0.2) is 36.1 Å². The Kier molecular flexibility index (Phi) is 6.27. The van der Waals surface area contributed by atoms with E-state index in [0.717, 1.165) is 24.8 Å². The fraction of sp³-hybridized carbons (Fsp3) is 0.364. The highest BCUT2D eigenvalue weighted by Gasteiger charge is 2.27. The van der Waals surface area contributed by atoms with E-state index in [4.69, 9.17) is 9.47 Å². The molecule has 2 aromatic carbocycles. The maximum absolute atomic E-state index is 14.9. The van der Waals surface area contributed by atoms with Crippen LogP contribution in [0.1, 0.15) is 44.1 Å². The van der Waals surface area contributed by atoms with Gasteiger partial charge in [-0.3, -0.25) is 0 Å². The highest BCUT2D eigenvalue weighted by atomic mass is 19.2. The van der Waals surface area contributed by atoms with Gasteiger partial charge in [0.1, 0.15) is 0 Å². The topological polar surface area (TPSA) is 18.5 Å². The molecule has 1 saturated carbocycles. The van der Waals surface area contributed by atoms with E-state index < -0.39 is 23.3 Å². The molecular weight excluding hydrogens is 372 g/mol. The largest absolute Gasteiger partial charge is 0.504 e. The summed E-state index contributed by atoms with van der Waals surface area (Å²) in [6.45, 7) is 1.79. The minimum Gasteiger partial charge on any atom is -0.504 e. The quantitative estimate of drug-likeness (QED) is 0.426. The van der Waals surface area contributed by atoms with E-state index in [1.54, 1.807) is 13.2 Å². The van der Waals surface area contributed by atoms with Gasteiger partial charge in [-0.2, -0.15) is 4.39 Å². The highest BCUT2D eigenvalue weighted by molar-refractivity contribution is 5.67. The number of methoxy groups -OCH3 is 1. The average Bonchev–Trinajstić information content (AvgIpc) is 2.69. The van der Waals surface area contributed by atoms with Gasteiger partial charge >= 0.3 is 0 Å².